The van der Waals surface area contributed by atoms with Crippen molar-refractivity contribution < 1.29 is 4.79 Å². The Morgan fingerprint density at radius 1 is 1.33 bits per heavy atom. The number of nitrogens with zero attached hydrogens (tertiary/aromatic N) is 3. The minimum absolute atomic E-state index is 0.105. The van der Waals surface area contributed by atoms with Crippen molar-refractivity contribution in [3.05, 3.63) is 56.9 Å². The summed E-state index contributed by atoms with van der Waals surface area (Å²) in [6.07, 6.45) is 2.45. The Balaban J connectivity index is 1.83. The Hall–Kier alpha value is -2.54. The van der Waals surface area contributed by atoms with E-state index in [1.165, 1.54) is 16.0 Å². The van der Waals surface area contributed by atoms with Gasteiger partial charge in [-0.25, -0.2) is 9.67 Å². The van der Waals surface area contributed by atoms with Gasteiger partial charge in [-0.3, -0.25) is 9.59 Å². The van der Waals surface area contributed by atoms with Crippen LogP contribution in [0.4, 0.5) is 0 Å². The minimum Gasteiger partial charge on any atom is -0.345 e. The number of carbonyl (C=O) groups excluding carboxylic acids is 1. The number of aromatic nitrogens is 3. The van der Waals surface area contributed by atoms with Crippen LogP contribution in [0.15, 0.2) is 40.6 Å². The van der Waals surface area contributed by atoms with Gasteiger partial charge in [0.2, 0.25) is 5.91 Å². The molecule has 24 heavy (non-hydrogen) atoms. The Bertz CT molecular complexity index is 918. The van der Waals surface area contributed by atoms with Gasteiger partial charge in [0.25, 0.3) is 5.56 Å². The molecule has 0 radical (unpaired) electrons. The van der Waals surface area contributed by atoms with E-state index in [4.69, 9.17) is 0 Å². The second kappa shape index (κ2) is 6.92. The Labute approximate surface area is 143 Å². The van der Waals surface area contributed by atoms with E-state index in [9.17, 15) is 9.59 Å². The van der Waals surface area contributed by atoms with Crippen molar-refractivity contribution in [3.63, 3.8) is 0 Å². The number of amides is 1. The van der Waals surface area contributed by atoms with Gasteiger partial charge in [0.05, 0.1) is 17.1 Å². The van der Waals surface area contributed by atoms with Gasteiger partial charge >= 0.3 is 0 Å². The fourth-order valence-electron chi connectivity index (χ4n) is 2.63. The first-order valence-corrected chi connectivity index (χ1v) is 8.63. The third kappa shape index (κ3) is 3.21. The van der Waals surface area contributed by atoms with Crippen LogP contribution in [0.5, 0.6) is 0 Å². The van der Waals surface area contributed by atoms with Crippen molar-refractivity contribution in [3.8, 4) is 0 Å². The zero-order chi connectivity index (χ0) is 17.1. The van der Waals surface area contributed by atoms with E-state index in [-0.39, 0.29) is 24.1 Å². The summed E-state index contributed by atoms with van der Waals surface area (Å²) in [6.45, 7) is 3.71. The van der Waals surface area contributed by atoms with Crippen LogP contribution in [0, 0.1) is 6.92 Å². The number of hydrogen-bond donors (Lipinski definition) is 1. The molecule has 6 nitrogen and oxygen atoms in total. The van der Waals surface area contributed by atoms with Crippen LogP contribution >= 0.6 is 11.3 Å². The molecule has 0 aliphatic heterocycles. The van der Waals surface area contributed by atoms with E-state index >= 15 is 0 Å². The largest absolute Gasteiger partial charge is 0.345 e. The van der Waals surface area contributed by atoms with Crippen LogP contribution < -0.4 is 10.9 Å². The number of rotatable bonds is 5. The van der Waals surface area contributed by atoms with Gasteiger partial charge in [0.15, 0.2) is 0 Å². The van der Waals surface area contributed by atoms with E-state index in [0.29, 0.717) is 5.39 Å². The molecule has 2 heterocycles. The average molecular weight is 342 g/mol. The summed E-state index contributed by atoms with van der Waals surface area (Å²) < 4.78 is 1.22. The molecule has 3 rings (SSSR count). The molecule has 1 amide bonds. The van der Waals surface area contributed by atoms with Gasteiger partial charge in [0, 0.05) is 17.0 Å². The number of hydrogen-bond acceptors (Lipinski definition) is 5. The molecule has 1 atom stereocenters. The van der Waals surface area contributed by atoms with Crippen molar-refractivity contribution >= 4 is 28.0 Å². The summed E-state index contributed by atoms with van der Waals surface area (Å²) >= 11 is 1.50. The second-order valence-electron chi connectivity index (χ2n) is 5.49. The van der Waals surface area contributed by atoms with Gasteiger partial charge in [0.1, 0.15) is 11.6 Å². The molecule has 0 spiro atoms. The van der Waals surface area contributed by atoms with Crippen molar-refractivity contribution in [2.45, 2.75) is 32.9 Å². The van der Waals surface area contributed by atoms with Crippen LogP contribution in [-0.4, -0.2) is 20.7 Å². The van der Waals surface area contributed by atoms with Crippen LogP contribution in [0.1, 0.15) is 30.1 Å². The zero-order valence-electron chi connectivity index (χ0n) is 13.5. The number of fused-ring (bicyclic) bond motifs is 1. The fourth-order valence-corrected chi connectivity index (χ4v) is 3.41. The molecule has 0 aliphatic rings. The van der Waals surface area contributed by atoms with E-state index in [1.807, 2.05) is 37.4 Å². The third-order valence-corrected chi connectivity index (χ3v) is 4.73. The average Bonchev–Trinajstić information content (AvgIpc) is 3.12. The van der Waals surface area contributed by atoms with Crippen molar-refractivity contribution in [1.82, 2.24) is 20.1 Å². The lowest BCUT2D eigenvalue weighted by molar-refractivity contribution is -0.122. The topological polar surface area (TPSA) is 76.9 Å². The normalized spacial score (nSPS) is 12.2. The molecule has 0 unspecified atom stereocenters. The molecule has 124 valence electrons. The summed E-state index contributed by atoms with van der Waals surface area (Å²) in [4.78, 5) is 29.1. The van der Waals surface area contributed by atoms with Crippen molar-refractivity contribution in [2.75, 3.05) is 0 Å². The molecule has 1 N–H and O–H groups in total. The fraction of sp³-hybridized carbons (Fsp3) is 0.294. The lowest BCUT2D eigenvalue weighted by Crippen LogP contribution is -2.36. The molecule has 3 aromatic rings. The molecule has 0 bridgehead atoms. The summed E-state index contributed by atoms with van der Waals surface area (Å²) in [5.41, 5.74) is 0.471. The highest BCUT2D eigenvalue weighted by Gasteiger charge is 2.16. The minimum atomic E-state index is -0.256. The van der Waals surface area contributed by atoms with Crippen molar-refractivity contribution in [1.29, 1.82) is 0 Å². The smallest absolute Gasteiger partial charge is 0.275 e. The van der Waals surface area contributed by atoms with Crippen LogP contribution in [0.3, 0.4) is 0 Å². The number of thiazole rings is 1. The lowest BCUT2D eigenvalue weighted by Gasteiger charge is -2.15. The quantitative estimate of drug-likeness (QED) is 0.772. The number of carbonyl (C=O) groups is 1. The van der Waals surface area contributed by atoms with E-state index in [0.717, 1.165) is 22.5 Å². The van der Waals surface area contributed by atoms with Gasteiger partial charge < -0.3 is 5.32 Å². The summed E-state index contributed by atoms with van der Waals surface area (Å²) in [5.74, 6) is -0.249. The number of benzene rings is 1. The third-order valence-electron chi connectivity index (χ3n) is 3.84. The Kier molecular flexibility index (Phi) is 4.71. The monoisotopic (exact) mass is 342 g/mol. The molecule has 0 fully saturated rings. The predicted molar refractivity (Wildman–Crippen MR) is 94.0 cm³/mol. The van der Waals surface area contributed by atoms with Crippen molar-refractivity contribution in [2.24, 2.45) is 0 Å². The first-order chi connectivity index (χ1) is 11.6. The molecular weight excluding hydrogens is 324 g/mol. The van der Waals surface area contributed by atoms with Gasteiger partial charge in [-0.15, -0.1) is 11.3 Å². The van der Waals surface area contributed by atoms with E-state index < -0.39 is 0 Å². The molecular formula is C17H18N4O2S. The van der Waals surface area contributed by atoms with Crippen LogP contribution in [-0.2, 0) is 11.3 Å². The zero-order valence-corrected chi connectivity index (χ0v) is 14.3. The SMILES string of the molecule is CC[C@@H](NC(=O)Cn1nc(C)c2ccccc2c1=O)c1nccs1. The predicted octanol–water partition coefficient (Wildman–Crippen LogP) is 2.43. The van der Waals surface area contributed by atoms with Gasteiger partial charge in [-0.2, -0.15) is 5.10 Å². The second-order valence-corrected chi connectivity index (χ2v) is 6.42. The molecule has 0 saturated heterocycles. The number of nitrogens with one attached hydrogen (secondary N) is 1. The molecule has 7 heteroatoms. The summed E-state index contributed by atoms with van der Waals surface area (Å²) in [7, 11) is 0. The Morgan fingerprint density at radius 3 is 2.75 bits per heavy atom. The molecule has 1 aromatic carbocycles. The molecule has 2 aromatic heterocycles. The number of aryl methyl sites for hydroxylation is 1. The first kappa shape index (κ1) is 16.3. The Morgan fingerprint density at radius 2 is 2.08 bits per heavy atom. The van der Waals surface area contributed by atoms with Gasteiger partial charge in [-0.05, 0) is 19.4 Å². The summed E-state index contributed by atoms with van der Waals surface area (Å²) in [5, 5.41) is 11.3. The van der Waals surface area contributed by atoms with Crippen LogP contribution in [0.2, 0.25) is 0 Å². The maximum atomic E-state index is 12.5. The first-order valence-electron chi connectivity index (χ1n) is 7.75. The van der Waals surface area contributed by atoms with E-state index in [2.05, 4.69) is 15.4 Å². The maximum Gasteiger partial charge on any atom is 0.275 e. The standard InChI is InChI=1S/C17H18N4O2S/c1-3-14(16-18-8-9-24-16)19-15(22)10-21-17(23)13-7-5-4-6-12(13)11(2)20-21/h4-9,14H,3,10H2,1-2H3,(H,19,22)/t14-/m1/s1. The van der Waals surface area contributed by atoms with E-state index in [1.54, 1.807) is 12.3 Å². The lowest BCUT2D eigenvalue weighted by atomic mass is 10.1. The highest BCUT2D eigenvalue weighted by atomic mass is 32.1. The molecule has 0 saturated carbocycles. The highest BCUT2D eigenvalue weighted by molar-refractivity contribution is 7.09. The highest BCUT2D eigenvalue weighted by Crippen LogP contribution is 2.18. The maximum absolute atomic E-state index is 12.5. The van der Waals surface area contributed by atoms with Crippen LogP contribution in [0.25, 0.3) is 10.8 Å². The molecule has 0 aliphatic carbocycles. The van der Waals surface area contributed by atoms with Gasteiger partial charge in [-0.1, -0.05) is 25.1 Å². The summed E-state index contributed by atoms with van der Waals surface area (Å²) in [6, 6.07) is 7.15.